The van der Waals surface area contributed by atoms with Crippen LogP contribution >= 0.6 is 27.5 Å². The maximum atomic E-state index is 12.8. The summed E-state index contributed by atoms with van der Waals surface area (Å²) >= 11 is 7.99. The van der Waals surface area contributed by atoms with Gasteiger partial charge in [0.05, 0.1) is 5.56 Å². The molecule has 0 saturated carbocycles. The molecule has 1 nitrogen and oxygen atoms in total. The molecule has 0 N–H and O–H groups in total. The van der Waals surface area contributed by atoms with Crippen molar-refractivity contribution in [2.45, 2.75) is 6.43 Å². The molecule has 0 amide bonds. The molecule has 0 bridgehead atoms. The molecule has 0 radical (unpaired) electrons. The van der Waals surface area contributed by atoms with Crippen LogP contribution in [0.2, 0.25) is 5.15 Å². The van der Waals surface area contributed by atoms with E-state index >= 15 is 0 Å². The van der Waals surface area contributed by atoms with Crippen molar-refractivity contribution in [2.75, 3.05) is 0 Å². The molecule has 0 atom stereocenters. The van der Waals surface area contributed by atoms with Crippen molar-refractivity contribution in [3.63, 3.8) is 0 Å². The lowest BCUT2D eigenvalue weighted by Crippen LogP contribution is -1.94. The number of hydrogen-bond donors (Lipinski definition) is 0. The van der Waals surface area contributed by atoms with E-state index in [9.17, 15) is 13.2 Å². The van der Waals surface area contributed by atoms with Gasteiger partial charge in [-0.3, -0.25) is 0 Å². The lowest BCUT2D eigenvalue weighted by Gasteiger charge is -2.02. The van der Waals surface area contributed by atoms with Crippen molar-refractivity contribution < 1.29 is 13.2 Å². The second-order valence-corrected chi connectivity index (χ2v) is 3.08. The predicted octanol–water partition coefficient (Wildman–Crippen LogP) is 3.57. The molecule has 6 heteroatoms. The Balaban J connectivity index is 3.28. The fraction of sp³-hybridized carbons (Fsp3) is 0.167. The molecule has 0 aliphatic carbocycles. The second kappa shape index (κ2) is 3.62. The van der Waals surface area contributed by atoms with Gasteiger partial charge in [0, 0.05) is 0 Å². The Morgan fingerprint density at radius 3 is 2.58 bits per heavy atom. The molecule has 0 saturated heterocycles. The van der Waals surface area contributed by atoms with E-state index in [2.05, 4.69) is 20.9 Å². The summed E-state index contributed by atoms with van der Waals surface area (Å²) in [6.07, 6.45) is -2.89. The lowest BCUT2D eigenvalue weighted by atomic mass is 10.3. The lowest BCUT2D eigenvalue weighted by molar-refractivity contribution is 0.146. The van der Waals surface area contributed by atoms with Crippen LogP contribution in [0.4, 0.5) is 13.2 Å². The topological polar surface area (TPSA) is 12.9 Å². The number of aromatic nitrogens is 1. The van der Waals surface area contributed by atoms with Crippen LogP contribution in [-0.2, 0) is 0 Å². The minimum Gasteiger partial charge on any atom is -0.226 e. The minimum absolute atomic E-state index is 0.168. The Morgan fingerprint density at radius 2 is 2.08 bits per heavy atom. The van der Waals surface area contributed by atoms with Gasteiger partial charge in [0.1, 0.15) is 9.76 Å². The van der Waals surface area contributed by atoms with E-state index in [1.807, 2.05) is 0 Å². The first-order valence-corrected chi connectivity index (χ1v) is 3.99. The van der Waals surface area contributed by atoms with Gasteiger partial charge in [0.2, 0.25) is 0 Å². The van der Waals surface area contributed by atoms with Crippen LogP contribution < -0.4 is 0 Å². The van der Waals surface area contributed by atoms with Gasteiger partial charge in [-0.15, -0.1) is 0 Å². The highest BCUT2D eigenvalue weighted by Gasteiger charge is 2.17. The molecule has 0 aliphatic rings. The van der Waals surface area contributed by atoms with E-state index in [1.54, 1.807) is 0 Å². The maximum absolute atomic E-state index is 12.8. The molecule has 0 fully saturated rings. The third kappa shape index (κ3) is 1.90. The number of rotatable bonds is 1. The zero-order chi connectivity index (χ0) is 9.30. The minimum atomic E-state index is -2.89. The van der Waals surface area contributed by atoms with Crippen molar-refractivity contribution in [2.24, 2.45) is 0 Å². The van der Waals surface area contributed by atoms with E-state index in [-0.39, 0.29) is 9.76 Å². The van der Waals surface area contributed by atoms with Crippen LogP contribution in [0.5, 0.6) is 0 Å². The van der Waals surface area contributed by atoms with Gasteiger partial charge >= 0.3 is 0 Å². The first-order valence-electron chi connectivity index (χ1n) is 2.82. The van der Waals surface area contributed by atoms with E-state index in [0.717, 1.165) is 6.07 Å². The average molecular weight is 260 g/mol. The predicted molar refractivity (Wildman–Crippen MR) is 41.9 cm³/mol. The smallest absolute Gasteiger partial charge is 0.226 e. The van der Waals surface area contributed by atoms with Crippen molar-refractivity contribution in [3.8, 4) is 0 Å². The maximum Gasteiger partial charge on any atom is 0.266 e. The highest BCUT2D eigenvalue weighted by Crippen LogP contribution is 2.28. The number of pyridine rings is 1. The zero-order valence-electron chi connectivity index (χ0n) is 5.49. The van der Waals surface area contributed by atoms with Crippen LogP contribution in [0.3, 0.4) is 0 Å². The summed E-state index contributed by atoms with van der Waals surface area (Å²) < 4.78 is 36.6. The highest BCUT2D eigenvalue weighted by molar-refractivity contribution is 9.10. The number of alkyl halides is 2. The normalized spacial score (nSPS) is 10.8. The number of hydrogen-bond acceptors (Lipinski definition) is 1. The SMILES string of the molecule is Fc1c(C(F)F)cc(Cl)nc1Br. The Hall–Kier alpha value is -0.290. The number of halogens is 5. The largest absolute Gasteiger partial charge is 0.266 e. The Kier molecular flexibility index (Phi) is 2.95. The molecule has 0 aliphatic heterocycles. The Labute approximate surface area is 79.7 Å². The standard InChI is InChI=1S/C6H2BrClF3N/c7-5-4(9)2(6(10)11)1-3(8)12-5/h1,6H. The molecular weight excluding hydrogens is 258 g/mol. The van der Waals surface area contributed by atoms with E-state index in [1.165, 1.54) is 0 Å². The van der Waals surface area contributed by atoms with Gasteiger partial charge in [0.25, 0.3) is 6.43 Å². The fourth-order valence-electron chi connectivity index (χ4n) is 0.645. The van der Waals surface area contributed by atoms with Crippen LogP contribution in [0.25, 0.3) is 0 Å². The average Bonchev–Trinajstić information content (AvgIpc) is 1.96. The first kappa shape index (κ1) is 9.80. The van der Waals surface area contributed by atoms with Crippen molar-refractivity contribution in [3.05, 3.63) is 27.2 Å². The van der Waals surface area contributed by atoms with Gasteiger partial charge in [-0.25, -0.2) is 18.2 Å². The summed E-state index contributed by atoms with van der Waals surface area (Å²) in [5.41, 5.74) is -0.748. The first-order chi connectivity index (χ1) is 5.52. The molecular formula is C6H2BrClF3N. The van der Waals surface area contributed by atoms with Gasteiger partial charge < -0.3 is 0 Å². The third-order valence-electron chi connectivity index (χ3n) is 1.15. The van der Waals surface area contributed by atoms with Crippen LogP contribution in [0.15, 0.2) is 10.7 Å². The third-order valence-corrected chi connectivity index (χ3v) is 1.87. The molecule has 0 aromatic carbocycles. The molecule has 0 unspecified atom stereocenters. The summed E-state index contributed by atoms with van der Waals surface area (Å²) in [5, 5.41) is -0.168. The molecule has 0 spiro atoms. The molecule has 66 valence electrons. The molecule has 1 aromatic rings. The van der Waals surface area contributed by atoms with E-state index < -0.39 is 17.8 Å². The molecule has 1 rings (SSSR count). The monoisotopic (exact) mass is 259 g/mol. The van der Waals surface area contributed by atoms with Crippen LogP contribution in [0, 0.1) is 5.82 Å². The molecule has 12 heavy (non-hydrogen) atoms. The summed E-state index contributed by atoms with van der Waals surface area (Å²) in [6.45, 7) is 0. The van der Waals surface area contributed by atoms with Gasteiger partial charge in [-0.05, 0) is 22.0 Å². The van der Waals surface area contributed by atoms with Crippen LogP contribution in [0.1, 0.15) is 12.0 Å². The van der Waals surface area contributed by atoms with Crippen molar-refractivity contribution in [1.82, 2.24) is 4.98 Å². The van der Waals surface area contributed by atoms with Crippen molar-refractivity contribution in [1.29, 1.82) is 0 Å². The van der Waals surface area contributed by atoms with E-state index in [4.69, 9.17) is 11.6 Å². The van der Waals surface area contributed by atoms with E-state index in [0.29, 0.717) is 0 Å². The highest BCUT2D eigenvalue weighted by atomic mass is 79.9. The van der Waals surface area contributed by atoms with Gasteiger partial charge in [-0.1, -0.05) is 11.6 Å². The Bertz CT molecular complexity index is 305. The summed E-state index contributed by atoms with van der Waals surface area (Å²) in [6, 6.07) is 0.798. The van der Waals surface area contributed by atoms with Crippen LogP contribution in [-0.4, -0.2) is 4.98 Å². The quantitative estimate of drug-likeness (QED) is 0.703. The molecule has 1 aromatic heterocycles. The zero-order valence-corrected chi connectivity index (χ0v) is 7.83. The fourth-order valence-corrected chi connectivity index (χ4v) is 1.37. The van der Waals surface area contributed by atoms with Gasteiger partial charge in [0.15, 0.2) is 5.82 Å². The second-order valence-electron chi connectivity index (χ2n) is 1.94. The van der Waals surface area contributed by atoms with Crippen molar-refractivity contribution >= 4 is 27.5 Å². The number of nitrogens with zero attached hydrogens (tertiary/aromatic N) is 1. The molecule has 1 heterocycles. The summed E-state index contributed by atoms with van der Waals surface area (Å²) in [5.74, 6) is -1.07. The Morgan fingerprint density at radius 1 is 1.50 bits per heavy atom. The summed E-state index contributed by atoms with van der Waals surface area (Å²) in [4.78, 5) is 3.39. The van der Waals surface area contributed by atoms with Gasteiger partial charge in [-0.2, -0.15) is 0 Å². The summed E-state index contributed by atoms with van der Waals surface area (Å²) in [7, 11) is 0.